The first-order chi connectivity index (χ1) is 15.8. The number of amides is 1. The van der Waals surface area contributed by atoms with E-state index in [0.717, 1.165) is 15.6 Å². The minimum Gasteiger partial charge on any atom is -0.382 e. The number of rotatable bonds is 8. The van der Waals surface area contributed by atoms with Crippen molar-refractivity contribution >= 4 is 28.1 Å². The lowest BCUT2D eigenvalue weighted by Gasteiger charge is -2.25. The second-order valence-electron chi connectivity index (χ2n) is 7.69. The molecule has 3 rings (SSSR count). The zero-order valence-electron chi connectivity index (χ0n) is 20.2. The van der Waals surface area contributed by atoms with Gasteiger partial charge in [-0.3, -0.25) is 4.79 Å². The van der Waals surface area contributed by atoms with Crippen molar-refractivity contribution in [3.63, 3.8) is 0 Å². The summed E-state index contributed by atoms with van der Waals surface area (Å²) in [5.41, 5.74) is 3.72. The van der Waals surface area contributed by atoms with Crippen molar-refractivity contribution in [1.29, 1.82) is 0 Å². The average Bonchev–Trinajstić information content (AvgIpc) is 3.65. The Morgan fingerprint density at radius 1 is 1.15 bits per heavy atom. The topological polar surface area (TPSA) is 89.9 Å². The molecule has 1 aliphatic rings. The third kappa shape index (κ3) is 8.34. The number of aliphatic hydroxyl groups excluding tert-OH is 2. The van der Waals surface area contributed by atoms with E-state index in [1.54, 1.807) is 6.92 Å². The lowest BCUT2D eigenvalue weighted by Crippen LogP contribution is -2.45. The highest BCUT2D eigenvalue weighted by molar-refractivity contribution is 9.10. The maximum atomic E-state index is 11.9. The fraction of sp³-hybridized carbons (Fsp3) is 0.462. The molecule has 2 aromatic carbocycles. The SMILES string of the molecule is CC.CCN(Cc1ccccc1C)C(=O)C(O)C(O)C=O.CNC1(c2ccc(Br)cc2)CC1. The Morgan fingerprint density at radius 3 is 2.18 bits per heavy atom. The Bertz CT molecular complexity index is 869. The molecule has 0 aromatic heterocycles. The fourth-order valence-electron chi connectivity index (χ4n) is 3.32. The van der Waals surface area contributed by atoms with Crippen LogP contribution in [-0.4, -0.2) is 53.1 Å². The van der Waals surface area contributed by atoms with Crippen LogP contribution in [0.15, 0.2) is 53.0 Å². The van der Waals surface area contributed by atoms with Crippen molar-refractivity contribution < 1.29 is 19.8 Å². The van der Waals surface area contributed by atoms with E-state index in [1.807, 2.05) is 52.1 Å². The first-order valence-corrected chi connectivity index (χ1v) is 12.2. The summed E-state index contributed by atoms with van der Waals surface area (Å²) in [5.74, 6) is -0.648. The van der Waals surface area contributed by atoms with Crippen LogP contribution in [0.1, 0.15) is 50.3 Å². The number of nitrogens with zero attached hydrogens (tertiary/aromatic N) is 1. The van der Waals surface area contributed by atoms with Gasteiger partial charge in [-0.25, -0.2) is 0 Å². The number of nitrogens with one attached hydrogen (secondary N) is 1. The summed E-state index contributed by atoms with van der Waals surface area (Å²) >= 11 is 3.43. The number of aldehydes is 1. The zero-order chi connectivity index (χ0) is 25.0. The Kier molecular flexibility index (Phi) is 12.5. The van der Waals surface area contributed by atoms with Gasteiger partial charge in [0.1, 0.15) is 6.10 Å². The smallest absolute Gasteiger partial charge is 0.254 e. The summed E-state index contributed by atoms with van der Waals surface area (Å²) < 4.78 is 1.15. The quantitative estimate of drug-likeness (QED) is 0.458. The molecule has 6 nitrogen and oxygen atoms in total. The van der Waals surface area contributed by atoms with Crippen LogP contribution in [0.5, 0.6) is 0 Å². The first-order valence-electron chi connectivity index (χ1n) is 11.4. The van der Waals surface area contributed by atoms with Crippen molar-refractivity contribution in [3.05, 3.63) is 69.7 Å². The maximum absolute atomic E-state index is 11.9. The van der Waals surface area contributed by atoms with Gasteiger partial charge < -0.3 is 25.2 Å². The third-order valence-corrected chi connectivity index (χ3v) is 6.19. The summed E-state index contributed by atoms with van der Waals surface area (Å²) in [6, 6.07) is 16.2. The van der Waals surface area contributed by atoms with Crippen molar-refractivity contribution in [1.82, 2.24) is 10.2 Å². The van der Waals surface area contributed by atoms with Gasteiger partial charge in [0.2, 0.25) is 0 Å². The van der Waals surface area contributed by atoms with Crippen LogP contribution in [0.4, 0.5) is 0 Å². The number of aryl methyl sites for hydroxylation is 1. The Labute approximate surface area is 206 Å². The van der Waals surface area contributed by atoms with Crippen LogP contribution in [0, 0.1) is 6.92 Å². The lowest BCUT2D eigenvalue weighted by molar-refractivity contribution is -0.149. The monoisotopic (exact) mass is 520 g/mol. The molecule has 1 aliphatic carbocycles. The van der Waals surface area contributed by atoms with E-state index in [2.05, 4.69) is 45.5 Å². The van der Waals surface area contributed by atoms with E-state index in [1.165, 1.54) is 23.3 Å². The molecular formula is C26H37BrN2O4. The standard InChI is InChI=1S/C14H19NO4.C10H12BrN.C2H6/c1-3-15(14(19)13(18)12(17)9-16)8-11-7-5-4-6-10(11)2;1-12-10(6-7-10)8-2-4-9(11)5-3-8;1-2/h4-7,9,12-13,17-18H,3,8H2,1-2H3;2-5,12H,6-7H2,1H3;1-2H3. The Balaban J connectivity index is 0.000000331. The van der Waals surface area contributed by atoms with Crippen molar-refractivity contribution in [2.75, 3.05) is 13.6 Å². The molecule has 33 heavy (non-hydrogen) atoms. The molecule has 1 saturated carbocycles. The largest absolute Gasteiger partial charge is 0.382 e. The minimum absolute atomic E-state index is 0.157. The summed E-state index contributed by atoms with van der Waals surface area (Å²) in [4.78, 5) is 23.7. The highest BCUT2D eigenvalue weighted by Crippen LogP contribution is 2.45. The van der Waals surface area contributed by atoms with Crippen molar-refractivity contribution in [2.45, 2.75) is 64.8 Å². The van der Waals surface area contributed by atoms with Gasteiger partial charge in [0.05, 0.1) is 0 Å². The van der Waals surface area contributed by atoms with Gasteiger partial charge in [-0.05, 0) is 62.6 Å². The Hall–Kier alpha value is -2.06. The van der Waals surface area contributed by atoms with Gasteiger partial charge in [-0.1, -0.05) is 66.2 Å². The van der Waals surface area contributed by atoms with Gasteiger partial charge in [0.15, 0.2) is 12.4 Å². The molecule has 0 bridgehead atoms. The highest BCUT2D eigenvalue weighted by atomic mass is 79.9. The van der Waals surface area contributed by atoms with Crippen molar-refractivity contribution in [3.8, 4) is 0 Å². The molecule has 0 aliphatic heterocycles. The van der Waals surface area contributed by atoms with E-state index >= 15 is 0 Å². The number of halogens is 1. The normalized spacial score (nSPS) is 15.0. The van der Waals surface area contributed by atoms with Crippen LogP contribution in [0.2, 0.25) is 0 Å². The predicted molar refractivity (Wildman–Crippen MR) is 136 cm³/mol. The maximum Gasteiger partial charge on any atom is 0.254 e. The predicted octanol–water partition coefficient (Wildman–Crippen LogP) is 3.95. The van der Waals surface area contributed by atoms with Crippen LogP contribution >= 0.6 is 15.9 Å². The first kappa shape index (κ1) is 29.0. The molecule has 0 saturated heterocycles. The molecule has 0 radical (unpaired) electrons. The third-order valence-electron chi connectivity index (χ3n) is 5.66. The molecule has 2 atom stereocenters. The molecule has 182 valence electrons. The minimum atomic E-state index is -1.71. The van der Waals surface area contributed by atoms with E-state index in [9.17, 15) is 19.8 Å². The van der Waals surface area contributed by atoms with Crippen LogP contribution < -0.4 is 5.32 Å². The van der Waals surface area contributed by atoms with Crippen molar-refractivity contribution in [2.24, 2.45) is 0 Å². The molecule has 2 unspecified atom stereocenters. The second kappa shape index (κ2) is 14.3. The molecule has 3 N–H and O–H groups in total. The Morgan fingerprint density at radius 2 is 1.73 bits per heavy atom. The summed E-state index contributed by atoms with van der Waals surface area (Å²) in [6.45, 7) is 8.43. The van der Waals surface area contributed by atoms with Gasteiger partial charge in [0.25, 0.3) is 5.91 Å². The van der Waals surface area contributed by atoms with Gasteiger partial charge in [-0.2, -0.15) is 0 Å². The number of benzene rings is 2. The molecule has 2 aromatic rings. The van der Waals surface area contributed by atoms with Crippen LogP contribution in [0.3, 0.4) is 0 Å². The number of hydrogen-bond donors (Lipinski definition) is 3. The highest BCUT2D eigenvalue weighted by Gasteiger charge is 2.42. The van der Waals surface area contributed by atoms with E-state index < -0.39 is 18.1 Å². The fourth-order valence-corrected chi connectivity index (χ4v) is 3.59. The average molecular weight is 521 g/mol. The summed E-state index contributed by atoms with van der Waals surface area (Å²) in [5, 5.41) is 22.1. The van der Waals surface area contributed by atoms with Gasteiger partial charge in [0, 0.05) is 23.1 Å². The van der Waals surface area contributed by atoms with Gasteiger partial charge in [-0.15, -0.1) is 0 Å². The van der Waals surface area contributed by atoms with E-state index in [-0.39, 0.29) is 6.29 Å². The molecule has 1 fully saturated rings. The summed E-state index contributed by atoms with van der Waals surface area (Å²) in [7, 11) is 2.04. The summed E-state index contributed by atoms with van der Waals surface area (Å²) in [6.07, 6.45) is -0.694. The number of aliphatic hydroxyl groups is 2. The molecule has 0 spiro atoms. The zero-order valence-corrected chi connectivity index (χ0v) is 21.8. The number of likely N-dealkylation sites (N-methyl/N-ethyl adjacent to an activating group) is 1. The lowest BCUT2D eigenvalue weighted by atomic mass is 10.1. The van der Waals surface area contributed by atoms with E-state index in [0.29, 0.717) is 18.6 Å². The molecular weight excluding hydrogens is 484 g/mol. The van der Waals surface area contributed by atoms with Crippen LogP contribution in [-0.2, 0) is 21.7 Å². The molecule has 7 heteroatoms. The second-order valence-corrected chi connectivity index (χ2v) is 8.61. The van der Waals surface area contributed by atoms with Crippen LogP contribution in [0.25, 0.3) is 0 Å². The number of carbonyl (C=O) groups is 2. The molecule has 0 heterocycles. The number of carbonyl (C=O) groups excluding carboxylic acids is 2. The van der Waals surface area contributed by atoms with E-state index in [4.69, 9.17) is 0 Å². The molecule has 1 amide bonds. The van der Waals surface area contributed by atoms with Gasteiger partial charge >= 0.3 is 0 Å². The number of hydrogen-bond acceptors (Lipinski definition) is 5.